The maximum atomic E-state index is 4.31. The predicted molar refractivity (Wildman–Crippen MR) is 61.5 cm³/mol. The van der Waals surface area contributed by atoms with Gasteiger partial charge in [0, 0.05) is 25.5 Å². The highest BCUT2D eigenvalue weighted by Crippen LogP contribution is 2.36. The van der Waals surface area contributed by atoms with E-state index >= 15 is 0 Å². The van der Waals surface area contributed by atoms with Crippen LogP contribution < -0.4 is 5.32 Å². The summed E-state index contributed by atoms with van der Waals surface area (Å²) in [6.45, 7) is 5.61. The van der Waals surface area contributed by atoms with Gasteiger partial charge in [0.2, 0.25) is 0 Å². The third-order valence-electron chi connectivity index (χ3n) is 3.44. The Hall–Kier alpha value is -0.830. The molecule has 2 rings (SSSR count). The van der Waals surface area contributed by atoms with E-state index in [4.69, 9.17) is 0 Å². The molecule has 1 saturated carbocycles. The minimum Gasteiger partial charge on any atom is -0.337 e. The molecule has 1 atom stereocenters. The monoisotopic (exact) mass is 207 g/mol. The second-order valence-electron chi connectivity index (χ2n) is 5.44. The van der Waals surface area contributed by atoms with E-state index in [1.54, 1.807) is 0 Å². The van der Waals surface area contributed by atoms with Gasteiger partial charge in [-0.25, -0.2) is 4.98 Å². The lowest BCUT2D eigenvalue weighted by atomic mass is 9.92. The van der Waals surface area contributed by atoms with Crippen molar-refractivity contribution in [3.63, 3.8) is 0 Å². The Morgan fingerprint density at radius 3 is 2.93 bits per heavy atom. The van der Waals surface area contributed by atoms with Crippen LogP contribution in [0.4, 0.5) is 0 Å². The molecule has 0 spiro atoms. The summed E-state index contributed by atoms with van der Waals surface area (Å²) in [5, 5.41) is 3.60. The van der Waals surface area contributed by atoms with Crippen molar-refractivity contribution in [3.05, 3.63) is 18.2 Å². The minimum absolute atomic E-state index is 0.527. The highest BCUT2D eigenvalue weighted by Gasteiger charge is 2.30. The fourth-order valence-electron chi connectivity index (χ4n) is 2.41. The highest BCUT2D eigenvalue weighted by atomic mass is 15.1. The summed E-state index contributed by atoms with van der Waals surface area (Å²) in [5.74, 6) is 1.12. The van der Waals surface area contributed by atoms with Crippen molar-refractivity contribution in [1.29, 1.82) is 0 Å². The van der Waals surface area contributed by atoms with Gasteiger partial charge in [0.05, 0.1) is 6.54 Å². The SMILES string of the molecule is Cn1ccnc1CNC1CCC(C)(C)C1. The van der Waals surface area contributed by atoms with Crippen molar-refractivity contribution in [2.75, 3.05) is 0 Å². The molecule has 1 aromatic rings. The molecular formula is C12H21N3. The molecule has 84 valence electrons. The maximum absolute atomic E-state index is 4.31. The average molecular weight is 207 g/mol. The summed E-state index contributed by atoms with van der Waals surface area (Å²) >= 11 is 0. The highest BCUT2D eigenvalue weighted by molar-refractivity contribution is 4.93. The van der Waals surface area contributed by atoms with Crippen LogP contribution in [0.3, 0.4) is 0 Å². The average Bonchev–Trinajstić information content (AvgIpc) is 2.69. The van der Waals surface area contributed by atoms with Crippen molar-refractivity contribution < 1.29 is 0 Å². The fraction of sp³-hybridized carbons (Fsp3) is 0.750. The topological polar surface area (TPSA) is 29.9 Å². The van der Waals surface area contributed by atoms with E-state index in [0.29, 0.717) is 11.5 Å². The Morgan fingerprint density at radius 2 is 2.40 bits per heavy atom. The Morgan fingerprint density at radius 1 is 1.60 bits per heavy atom. The zero-order valence-corrected chi connectivity index (χ0v) is 9.95. The quantitative estimate of drug-likeness (QED) is 0.822. The third-order valence-corrected chi connectivity index (χ3v) is 3.44. The van der Waals surface area contributed by atoms with Crippen molar-refractivity contribution >= 4 is 0 Å². The molecule has 0 aliphatic heterocycles. The van der Waals surface area contributed by atoms with Gasteiger partial charge in [-0.15, -0.1) is 0 Å². The van der Waals surface area contributed by atoms with Crippen LogP contribution in [-0.2, 0) is 13.6 Å². The molecule has 3 nitrogen and oxygen atoms in total. The number of hydrogen-bond donors (Lipinski definition) is 1. The van der Waals surface area contributed by atoms with Gasteiger partial charge in [-0.05, 0) is 24.7 Å². The summed E-state index contributed by atoms with van der Waals surface area (Å²) in [5.41, 5.74) is 0.527. The van der Waals surface area contributed by atoms with Gasteiger partial charge in [0.15, 0.2) is 0 Å². The summed E-state index contributed by atoms with van der Waals surface area (Å²) in [4.78, 5) is 4.31. The van der Waals surface area contributed by atoms with Crippen LogP contribution in [0.1, 0.15) is 38.9 Å². The van der Waals surface area contributed by atoms with E-state index in [-0.39, 0.29) is 0 Å². The number of nitrogens with one attached hydrogen (secondary N) is 1. The van der Waals surface area contributed by atoms with Gasteiger partial charge >= 0.3 is 0 Å². The van der Waals surface area contributed by atoms with Crippen LogP contribution >= 0.6 is 0 Å². The van der Waals surface area contributed by atoms with Crippen molar-refractivity contribution in [2.45, 2.75) is 45.7 Å². The number of rotatable bonds is 3. The van der Waals surface area contributed by atoms with Crippen molar-refractivity contribution in [2.24, 2.45) is 12.5 Å². The number of imidazole rings is 1. The van der Waals surface area contributed by atoms with Gasteiger partial charge in [-0.1, -0.05) is 13.8 Å². The largest absolute Gasteiger partial charge is 0.337 e. The molecule has 1 unspecified atom stereocenters. The van der Waals surface area contributed by atoms with Crippen LogP contribution in [0, 0.1) is 5.41 Å². The number of aryl methyl sites for hydroxylation is 1. The van der Waals surface area contributed by atoms with E-state index in [9.17, 15) is 0 Å². The number of nitrogens with zero attached hydrogens (tertiary/aromatic N) is 2. The molecule has 0 amide bonds. The summed E-state index contributed by atoms with van der Waals surface area (Å²) in [6, 6.07) is 0.678. The van der Waals surface area contributed by atoms with Gasteiger partial charge in [0.1, 0.15) is 5.82 Å². The van der Waals surface area contributed by atoms with Crippen molar-refractivity contribution in [1.82, 2.24) is 14.9 Å². The Labute approximate surface area is 91.9 Å². The molecule has 15 heavy (non-hydrogen) atoms. The third kappa shape index (κ3) is 2.59. The van der Waals surface area contributed by atoms with E-state index in [1.165, 1.54) is 19.3 Å². The Bertz CT molecular complexity index is 327. The van der Waals surface area contributed by atoms with E-state index in [1.807, 2.05) is 19.4 Å². The fourth-order valence-corrected chi connectivity index (χ4v) is 2.41. The molecule has 1 aliphatic carbocycles. The zero-order valence-electron chi connectivity index (χ0n) is 9.95. The molecule has 0 radical (unpaired) electrons. The first-order valence-corrected chi connectivity index (χ1v) is 5.76. The van der Waals surface area contributed by atoms with Crippen molar-refractivity contribution in [3.8, 4) is 0 Å². The molecule has 1 fully saturated rings. The van der Waals surface area contributed by atoms with Crippen LogP contribution in [0.5, 0.6) is 0 Å². The first-order chi connectivity index (χ1) is 7.07. The Balaban J connectivity index is 1.83. The second kappa shape index (κ2) is 3.97. The predicted octanol–water partition coefficient (Wildman–Crippen LogP) is 2.09. The minimum atomic E-state index is 0.527. The smallest absolute Gasteiger partial charge is 0.122 e. The van der Waals surface area contributed by atoms with Gasteiger partial charge in [-0.3, -0.25) is 0 Å². The molecule has 3 heteroatoms. The maximum Gasteiger partial charge on any atom is 0.122 e. The molecule has 0 saturated heterocycles. The van der Waals surface area contributed by atoms with Crippen LogP contribution in [0.15, 0.2) is 12.4 Å². The lowest BCUT2D eigenvalue weighted by Crippen LogP contribution is -2.28. The summed E-state index contributed by atoms with van der Waals surface area (Å²) in [6.07, 6.45) is 7.78. The number of hydrogen-bond acceptors (Lipinski definition) is 2. The number of aromatic nitrogens is 2. The Kier molecular flexibility index (Phi) is 2.83. The molecular weight excluding hydrogens is 186 g/mol. The van der Waals surface area contributed by atoms with E-state index in [2.05, 4.69) is 28.7 Å². The summed E-state index contributed by atoms with van der Waals surface area (Å²) < 4.78 is 2.08. The first-order valence-electron chi connectivity index (χ1n) is 5.76. The van der Waals surface area contributed by atoms with Gasteiger partial charge < -0.3 is 9.88 Å². The molecule has 0 aromatic carbocycles. The standard InChI is InChI=1S/C12H21N3/c1-12(2)5-4-10(8-12)14-9-11-13-6-7-15(11)3/h6-7,10,14H,4-5,8-9H2,1-3H3. The van der Waals surface area contributed by atoms with E-state index in [0.717, 1.165) is 12.4 Å². The van der Waals surface area contributed by atoms with Gasteiger partial charge in [-0.2, -0.15) is 0 Å². The lowest BCUT2D eigenvalue weighted by molar-refractivity contribution is 0.363. The lowest BCUT2D eigenvalue weighted by Gasteiger charge is -2.17. The van der Waals surface area contributed by atoms with Gasteiger partial charge in [0.25, 0.3) is 0 Å². The van der Waals surface area contributed by atoms with Crippen LogP contribution in [-0.4, -0.2) is 15.6 Å². The van der Waals surface area contributed by atoms with E-state index < -0.39 is 0 Å². The molecule has 1 heterocycles. The first kappa shape index (κ1) is 10.7. The molecule has 1 aliphatic rings. The second-order valence-corrected chi connectivity index (χ2v) is 5.44. The van der Waals surface area contributed by atoms with Crippen LogP contribution in [0.25, 0.3) is 0 Å². The molecule has 0 bridgehead atoms. The molecule has 1 N–H and O–H groups in total. The summed E-state index contributed by atoms with van der Waals surface area (Å²) in [7, 11) is 2.04. The van der Waals surface area contributed by atoms with Crippen LogP contribution in [0.2, 0.25) is 0 Å². The zero-order chi connectivity index (χ0) is 10.9. The molecule has 1 aromatic heterocycles. The normalized spacial score (nSPS) is 24.6.